The lowest BCUT2D eigenvalue weighted by molar-refractivity contribution is 0.0991. The predicted molar refractivity (Wildman–Crippen MR) is 92.1 cm³/mol. The fourth-order valence-corrected chi connectivity index (χ4v) is 3.70. The Labute approximate surface area is 151 Å². The number of fused-ring (bicyclic) bond motifs is 1. The van der Waals surface area contributed by atoms with Crippen molar-refractivity contribution in [1.82, 2.24) is 4.98 Å². The number of ether oxygens (including phenoxy) is 2. The van der Waals surface area contributed by atoms with E-state index < -0.39 is 15.9 Å². The van der Waals surface area contributed by atoms with Gasteiger partial charge in [-0.25, -0.2) is 4.98 Å². The Balaban J connectivity index is 1.51. The number of furan rings is 1. The number of aromatic nitrogens is 1. The lowest BCUT2D eigenvalue weighted by Crippen LogP contribution is -2.13. The highest BCUT2D eigenvalue weighted by Crippen LogP contribution is 2.34. The largest absolute Gasteiger partial charge is 0.454 e. The summed E-state index contributed by atoms with van der Waals surface area (Å²) >= 11 is 1.23. The first-order chi connectivity index (χ1) is 12.5. The van der Waals surface area contributed by atoms with Crippen LogP contribution < -0.4 is 19.5 Å². The lowest BCUT2D eigenvalue weighted by atomic mass is 10.3. The van der Waals surface area contributed by atoms with Crippen molar-refractivity contribution in [2.75, 3.05) is 16.8 Å². The zero-order valence-corrected chi connectivity index (χ0v) is 14.6. The van der Waals surface area contributed by atoms with Gasteiger partial charge in [-0.15, -0.1) is 11.3 Å². The molecular weight excluding hydrogens is 382 g/mol. The molecule has 11 heteroatoms. The molecule has 3 aromatic rings. The van der Waals surface area contributed by atoms with Gasteiger partial charge in [-0.05, 0) is 24.3 Å². The van der Waals surface area contributed by atoms with E-state index in [-0.39, 0.29) is 23.3 Å². The van der Waals surface area contributed by atoms with Gasteiger partial charge in [0.1, 0.15) is 0 Å². The van der Waals surface area contributed by atoms with Crippen LogP contribution in [0.1, 0.15) is 10.6 Å². The third kappa shape index (κ3) is 3.21. The molecule has 0 fully saturated rings. The van der Waals surface area contributed by atoms with E-state index in [1.54, 1.807) is 11.4 Å². The molecule has 0 saturated heterocycles. The molecule has 26 heavy (non-hydrogen) atoms. The second-order valence-electron chi connectivity index (χ2n) is 5.08. The summed E-state index contributed by atoms with van der Waals surface area (Å²) in [6, 6.07) is 7.10. The molecule has 1 aliphatic heterocycles. The SMILES string of the molecule is O=C(Nc1nccs1)c1ccc(S(=O)(=O)Nc2ccc3c(c2)OCO3)o1. The molecule has 9 nitrogen and oxygen atoms in total. The van der Waals surface area contributed by atoms with Crippen LogP contribution in [-0.2, 0) is 10.0 Å². The van der Waals surface area contributed by atoms with Gasteiger partial charge in [-0.3, -0.25) is 14.8 Å². The molecule has 0 atom stereocenters. The van der Waals surface area contributed by atoms with E-state index in [4.69, 9.17) is 13.9 Å². The topological polar surface area (TPSA) is 120 Å². The number of carbonyl (C=O) groups is 1. The number of benzene rings is 1. The fourth-order valence-electron chi connectivity index (χ4n) is 2.20. The Morgan fingerprint density at radius 2 is 2.00 bits per heavy atom. The highest BCUT2D eigenvalue weighted by molar-refractivity contribution is 7.92. The molecule has 1 aliphatic rings. The van der Waals surface area contributed by atoms with Gasteiger partial charge in [0.05, 0.1) is 5.69 Å². The number of anilines is 2. The number of hydrogen-bond donors (Lipinski definition) is 2. The molecule has 4 rings (SSSR count). The Bertz CT molecular complexity index is 1060. The Morgan fingerprint density at radius 1 is 1.15 bits per heavy atom. The molecular formula is C15H11N3O6S2. The molecule has 1 aromatic carbocycles. The van der Waals surface area contributed by atoms with Gasteiger partial charge >= 0.3 is 0 Å². The lowest BCUT2D eigenvalue weighted by Gasteiger charge is -2.06. The van der Waals surface area contributed by atoms with Crippen LogP contribution in [0.15, 0.2) is 51.4 Å². The number of amides is 1. The molecule has 0 aliphatic carbocycles. The molecule has 1 amide bonds. The second kappa shape index (κ2) is 6.35. The van der Waals surface area contributed by atoms with Gasteiger partial charge in [0, 0.05) is 17.6 Å². The fraction of sp³-hybridized carbons (Fsp3) is 0.0667. The van der Waals surface area contributed by atoms with Gasteiger partial charge in [-0.1, -0.05) is 0 Å². The quantitative estimate of drug-likeness (QED) is 0.683. The van der Waals surface area contributed by atoms with E-state index in [9.17, 15) is 13.2 Å². The maximum Gasteiger partial charge on any atom is 0.295 e. The summed E-state index contributed by atoms with van der Waals surface area (Å²) in [5, 5.41) is 4.20. The van der Waals surface area contributed by atoms with Crippen LogP contribution in [0.25, 0.3) is 0 Å². The van der Waals surface area contributed by atoms with Crippen LogP contribution in [0, 0.1) is 0 Å². The number of nitrogens with zero attached hydrogens (tertiary/aromatic N) is 1. The molecule has 134 valence electrons. The third-order valence-electron chi connectivity index (χ3n) is 3.35. The molecule has 0 radical (unpaired) electrons. The summed E-state index contributed by atoms with van der Waals surface area (Å²) in [6.07, 6.45) is 1.54. The number of sulfonamides is 1. The molecule has 0 unspecified atom stereocenters. The van der Waals surface area contributed by atoms with Crippen molar-refractivity contribution in [3.05, 3.63) is 47.7 Å². The predicted octanol–water partition coefficient (Wildman–Crippen LogP) is 2.52. The maximum atomic E-state index is 12.4. The van der Waals surface area contributed by atoms with Crippen LogP contribution in [-0.4, -0.2) is 26.1 Å². The molecule has 2 N–H and O–H groups in total. The Hall–Kier alpha value is -3.05. The normalized spacial score (nSPS) is 12.8. The minimum atomic E-state index is -4.01. The molecule has 0 bridgehead atoms. The van der Waals surface area contributed by atoms with Gasteiger partial charge < -0.3 is 13.9 Å². The van der Waals surface area contributed by atoms with E-state index in [1.807, 2.05) is 0 Å². The Kier molecular flexibility index (Phi) is 4.01. The van der Waals surface area contributed by atoms with E-state index in [2.05, 4.69) is 15.0 Å². The summed E-state index contributed by atoms with van der Waals surface area (Å²) in [5.41, 5.74) is 0.277. The summed E-state index contributed by atoms with van der Waals surface area (Å²) < 4.78 is 42.8. The maximum absolute atomic E-state index is 12.4. The van der Waals surface area contributed by atoms with Crippen LogP contribution in [0.2, 0.25) is 0 Å². The van der Waals surface area contributed by atoms with Gasteiger partial charge in [0.15, 0.2) is 22.4 Å². The van der Waals surface area contributed by atoms with Gasteiger partial charge in [0.25, 0.3) is 15.9 Å². The number of nitrogens with one attached hydrogen (secondary N) is 2. The summed E-state index contributed by atoms with van der Waals surface area (Å²) in [6.45, 7) is 0.0846. The number of carbonyl (C=O) groups excluding carboxylic acids is 1. The minimum absolute atomic E-state index is 0.0846. The van der Waals surface area contributed by atoms with Crippen molar-refractivity contribution in [3.8, 4) is 11.5 Å². The minimum Gasteiger partial charge on any atom is -0.454 e. The van der Waals surface area contributed by atoms with Crippen LogP contribution in [0.3, 0.4) is 0 Å². The van der Waals surface area contributed by atoms with E-state index in [1.165, 1.54) is 41.8 Å². The first-order valence-electron chi connectivity index (χ1n) is 7.24. The zero-order valence-electron chi connectivity index (χ0n) is 13.0. The van der Waals surface area contributed by atoms with Crippen molar-refractivity contribution < 1.29 is 27.1 Å². The van der Waals surface area contributed by atoms with Crippen LogP contribution in [0.5, 0.6) is 11.5 Å². The van der Waals surface area contributed by atoms with Gasteiger partial charge in [0.2, 0.25) is 11.9 Å². The first kappa shape index (κ1) is 16.4. The smallest absolute Gasteiger partial charge is 0.295 e. The molecule has 0 saturated carbocycles. The number of hydrogen-bond acceptors (Lipinski definition) is 8. The van der Waals surface area contributed by atoms with Crippen molar-refractivity contribution in [2.45, 2.75) is 5.09 Å². The second-order valence-corrected chi connectivity index (χ2v) is 7.59. The summed E-state index contributed by atoms with van der Waals surface area (Å²) in [4.78, 5) is 16.0. The van der Waals surface area contributed by atoms with Crippen molar-refractivity contribution >= 4 is 38.1 Å². The molecule has 3 heterocycles. The number of rotatable bonds is 5. The van der Waals surface area contributed by atoms with E-state index in [0.29, 0.717) is 16.6 Å². The van der Waals surface area contributed by atoms with Crippen molar-refractivity contribution in [1.29, 1.82) is 0 Å². The third-order valence-corrected chi connectivity index (χ3v) is 5.29. The summed E-state index contributed by atoms with van der Waals surface area (Å²) in [7, 11) is -4.01. The number of thiazole rings is 1. The standard InChI is InChI=1S/C15H11N3O6S2/c19-14(17-15-16-5-6-25-15)11-3-4-13(24-11)26(20,21)18-9-1-2-10-12(7-9)23-8-22-10/h1-7,18H,8H2,(H,16,17,19). The van der Waals surface area contributed by atoms with E-state index in [0.717, 1.165) is 0 Å². The van der Waals surface area contributed by atoms with Gasteiger partial charge in [-0.2, -0.15) is 8.42 Å². The van der Waals surface area contributed by atoms with E-state index >= 15 is 0 Å². The van der Waals surface area contributed by atoms with Crippen LogP contribution >= 0.6 is 11.3 Å². The summed E-state index contributed by atoms with van der Waals surface area (Å²) in [5.74, 6) is 0.232. The van der Waals surface area contributed by atoms with Crippen molar-refractivity contribution in [3.63, 3.8) is 0 Å². The molecule has 0 spiro atoms. The average Bonchev–Trinajstić information content (AvgIpc) is 3.35. The molecule has 2 aromatic heterocycles. The Morgan fingerprint density at radius 3 is 2.81 bits per heavy atom. The highest BCUT2D eigenvalue weighted by Gasteiger charge is 2.23. The van der Waals surface area contributed by atoms with Crippen LogP contribution in [0.4, 0.5) is 10.8 Å². The van der Waals surface area contributed by atoms with Crippen molar-refractivity contribution in [2.24, 2.45) is 0 Å². The first-order valence-corrected chi connectivity index (χ1v) is 9.61. The monoisotopic (exact) mass is 393 g/mol. The zero-order chi connectivity index (χ0) is 18.1. The highest BCUT2D eigenvalue weighted by atomic mass is 32.2. The average molecular weight is 393 g/mol.